The molecule has 1 atom stereocenters. The average molecular weight is 312 g/mol. The lowest BCUT2D eigenvalue weighted by Crippen LogP contribution is -2.32. The van der Waals surface area contributed by atoms with Gasteiger partial charge in [0.05, 0.1) is 20.8 Å². The van der Waals surface area contributed by atoms with Crippen LogP contribution in [0.4, 0.5) is 5.69 Å². The minimum absolute atomic E-state index is 0.000309. The van der Waals surface area contributed by atoms with Gasteiger partial charge in [0.25, 0.3) is 5.69 Å². The van der Waals surface area contributed by atoms with Crippen molar-refractivity contribution in [3.8, 4) is 0 Å². The number of benzene rings is 1. The molecule has 3 N–H and O–H groups in total. The Balaban J connectivity index is 2.80. The summed E-state index contributed by atoms with van der Waals surface area (Å²) in [5.41, 5.74) is 7.22. The van der Waals surface area contributed by atoms with E-state index in [4.69, 9.17) is 22.4 Å². The Morgan fingerprint density at radius 2 is 2.19 bits per heavy atom. The molecule has 2 aromatic rings. The van der Waals surface area contributed by atoms with Crippen molar-refractivity contribution in [3.63, 3.8) is 0 Å². The molecule has 1 heterocycles. The molecule has 0 radical (unpaired) electrons. The number of nitrogens with two attached hydrogens (primary N) is 1. The molecule has 0 aliphatic carbocycles. The molecular weight excluding hydrogens is 298 g/mol. The number of fused-ring (bicyclic) bond motifs is 1. The van der Waals surface area contributed by atoms with Crippen LogP contribution in [0.25, 0.3) is 10.9 Å². The fourth-order valence-corrected chi connectivity index (χ4v) is 2.72. The lowest BCUT2D eigenvalue weighted by atomic mass is 10.0. The van der Waals surface area contributed by atoms with Crippen LogP contribution in [0, 0.1) is 17.0 Å². The lowest BCUT2D eigenvalue weighted by Gasteiger charge is -2.07. The third-order valence-electron chi connectivity index (χ3n) is 3.62. The van der Waals surface area contributed by atoms with Crippen LogP contribution in [0.15, 0.2) is 12.1 Å². The zero-order chi connectivity index (χ0) is 15.9. The van der Waals surface area contributed by atoms with Crippen molar-refractivity contribution >= 4 is 34.2 Å². The number of hydrogen-bond donors (Lipinski definition) is 2. The number of aliphatic carboxylic acids is 1. The second-order valence-corrected chi connectivity index (χ2v) is 5.23. The molecule has 0 spiro atoms. The van der Waals surface area contributed by atoms with E-state index in [9.17, 15) is 14.9 Å². The van der Waals surface area contributed by atoms with Gasteiger partial charge < -0.3 is 15.4 Å². The van der Waals surface area contributed by atoms with Crippen LogP contribution in [-0.4, -0.2) is 26.6 Å². The molecule has 112 valence electrons. The second kappa shape index (κ2) is 5.34. The van der Waals surface area contributed by atoms with Gasteiger partial charge in [-0.15, -0.1) is 0 Å². The van der Waals surface area contributed by atoms with E-state index < -0.39 is 16.9 Å². The Hall–Kier alpha value is -2.12. The van der Waals surface area contributed by atoms with Gasteiger partial charge in [-0.25, -0.2) is 0 Å². The normalized spacial score (nSPS) is 12.6. The first-order valence-corrected chi connectivity index (χ1v) is 6.52. The quantitative estimate of drug-likeness (QED) is 0.662. The third kappa shape index (κ3) is 2.45. The highest BCUT2D eigenvalue weighted by Crippen LogP contribution is 2.37. The van der Waals surface area contributed by atoms with Crippen molar-refractivity contribution in [1.29, 1.82) is 0 Å². The molecule has 1 aromatic heterocycles. The summed E-state index contributed by atoms with van der Waals surface area (Å²) >= 11 is 6.13. The number of carboxylic acid groups (broad SMARTS) is 1. The van der Waals surface area contributed by atoms with Crippen LogP contribution in [0.1, 0.15) is 11.3 Å². The van der Waals surface area contributed by atoms with Gasteiger partial charge in [0.2, 0.25) is 0 Å². The van der Waals surface area contributed by atoms with Gasteiger partial charge in [0.1, 0.15) is 6.04 Å². The predicted octanol–water partition coefficient (Wildman–Crippen LogP) is 2.00. The zero-order valence-corrected chi connectivity index (χ0v) is 12.2. The standard InChI is InChI=1S/C13H14ClN3O4/c1-6-7(5-9(15)13(18)19)11-10(17(20)21)4-3-8(14)12(11)16(6)2/h3-4,9H,5,15H2,1-2H3,(H,18,19). The molecule has 0 aliphatic heterocycles. The smallest absolute Gasteiger partial charge is 0.320 e. The lowest BCUT2D eigenvalue weighted by molar-refractivity contribution is -0.383. The van der Waals surface area contributed by atoms with Gasteiger partial charge in [-0.05, 0) is 18.6 Å². The van der Waals surface area contributed by atoms with Crippen LogP contribution in [0.2, 0.25) is 5.02 Å². The maximum atomic E-state index is 11.2. The van der Waals surface area contributed by atoms with Crippen molar-refractivity contribution < 1.29 is 14.8 Å². The van der Waals surface area contributed by atoms with Gasteiger partial charge in [-0.1, -0.05) is 11.6 Å². The number of nitro groups is 1. The van der Waals surface area contributed by atoms with Crippen molar-refractivity contribution in [2.45, 2.75) is 19.4 Å². The first kappa shape index (κ1) is 15.3. The molecule has 0 bridgehead atoms. The molecule has 0 aliphatic rings. The van der Waals surface area contributed by atoms with Crippen LogP contribution in [0.3, 0.4) is 0 Å². The summed E-state index contributed by atoms with van der Waals surface area (Å²) in [5, 5.41) is 20.9. The molecule has 21 heavy (non-hydrogen) atoms. The number of aromatic nitrogens is 1. The highest BCUT2D eigenvalue weighted by Gasteiger charge is 2.26. The first-order valence-electron chi connectivity index (χ1n) is 6.14. The summed E-state index contributed by atoms with van der Waals surface area (Å²) in [4.78, 5) is 21.7. The minimum Gasteiger partial charge on any atom is -0.480 e. The van der Waals surface area contributed by atoms with E-state index in [1.54, 1.807) is 18.5 Å². The Kier molecular flexibility index (Phi) is 3.89. The fourth-order valence-electron chi connectivity index (χ4n) is 2.44. The zero-order valence-electron chi connectivity index (χ0n) is 11.5. The molecule has 1 aromatic carbocycles. The minimum atomic E-state index is -1.16. The van der Waals surface area contributed by atoms with Crippen LogP contribution in [0.5, 0.6) is 0 Å². The molecule has 0 saturated carbocycles. The van der Waals surface area contributed by atoms with Gasteiger partial charge in [0.15, 0.2) is 0 Å². The van der Waals surface area contributed by atoms with Crippen molar-refractivity contribution in [2.24, 2.45) is 12.8 Å². The highest BCUT2D eigenvalue weighted by atomic mass is 35.5. The number of hydrogen-bond acceptors (Lipinski definition) is 4. The summed E-state index contributed by atoms with van der Waals surface area (Å²) < 4.78 is 1.72. The number of aryl methyl sites for hydroxylation is 1. The number of rotatable bonds is 4. The molecule has 8 heteroatoms. The summed E-state index contributed by atoms with van der Waals surface area (Å²) in [6, 6.07) is 1.65. The number of carboxylic acids is 1. The van der Waals surface area contributed by atoms with Gasteiger partial charge in [0, 0.05) is 25.2 Å². The molecular formula is C13H14ClN3O4. The van der Waals surface area contributed by atoms with E-state index in [-0.39, 0.29) is 12.1 Å². The van der Waals surface area contributed by atoms with E-state index in [0.717, 1.165) is 0 Å². The SMILES string of the molecule is Cc1c(CC(N)C(=O)O)c2c([N+](=O)[O-])ccc(Cl)c2n1C. The van der Waals surface area contributed by atoms with Crippen molar-refractivity contribution in [2.75, 3.05) is 0 Å². The second-order valence-electron chi connectivity index (χ2n) is 4.82. The predicted molar refractivity (Wildman–Crippen MR) is 78.6 cm³/mol. The molecule has 2 rings (SSSR count). The Morgan fingerprint density at radius 1 is 1.57 bits per heavy atom. The van der Waals surface area contributed by atoms with Gasteiger partial charge >= 0.3 is 5.97 Å². The molecule has 1 unspecified atom stereocenters. The Bertz CT molecular complexity index is 754. The average Bonchev–Trinajstić information content (AvgIpc) is 2.64. The topological polar surface area (TPSA) is 111 Å². The molecule has 0 fully saturated rings. The Labute approximate surface area is 125 Å². The largest absolute Gasteiger partial charge is 0.480 e. The highest BCUT2D eigenvalue weighted by molar-refractivity contribution is 6.35. The van der Waals surface area contributed by atoms with Crippen molar-refractivity contribution in [3.05, 3.63) is 38.5 Å². The number of nitrogens with zero attached hydrogens (tertiary/aromatic N) is 2. The number of non-ortho nitro benzene ring substituents is 1. The summed E-state index contributed by atoms with van der Waals surface area (Å²) in [7, 11) is 1.73. The van der Waals surface area contributed by atoms with E-state index >= 15 is 0 Å². The maximum Gasteiger partial charge on any atom is 0.320 e. The number of nitro benzene ring substituents is 1. The van der Waals surface area contributed by atoms with Crippen molar-refractivity contribution in [1.82, 2.24) is 4.57 Å². The third-order valence-corrected chi connectivity index (χ3v) is 3.93. The molecule has 7 nitrogen and oxygen atoms in total. The van der Waals surface area contributed by atoms with E-state index in [1.165, 1.54) is 12.1 Å². The van der Waals surface area contributed by atoms with Crippen LogP contribution < -0.4 is 5.73 Å². The summed E-state index contributed by atoms with van der Waals surface area (Å²) in [6.07, 6.45) is -0.000309. The monoisotopic (exact) mass is 311 g/mol. The van der Waals surface area contributed by atoms with Gasteiger partial charge in [-0.3, -0.25) is 14.9 Å². The molecule has 0 saturated heterocycles. The van der Waals surface area contributed by atoms with Gasteiger partial charge in [-0.2, -0.15) is 0 Å². The van der Waals surface area contributed by atoms with Crippen LogP contribution in [-0.2, 0) is 18.3 Å². The number of carbonyl (C=O) groups is 1. The van der Waals surface area contributed by atoms with E-state index in [1.807, 2.05) is 0 Å². The Morgan fingerprint density at radius 3 is 2.71 bits per heavy atom. The first-order chi connectivity index (χ1) is 9.75. The fraction of sp³-hybridized carbons (Fsp3) is 0.308. The summed E-state index contributed by atoms with van der Waals surface area (Å²) in [5.74, 6) is -1.16. The van der Waals surface area contributed by atoms with E-state index in [0.29, 0.717) is 27.2 Å². The summed E-state index contributed by atoms with van der Waals surface area (Å²) in [6.45, 7) is 1.75. The maximum absolute atomic E-state index is 11.2. The van der Waals surface area contributed by atoms with E-state index in [2.05, 4.69) is 0 Å². The number of halogens is 1. The molecule has 0 amide bonds. The van der Waals surface area contributed by atoms with Crippen LogP contribution >= 0.6 is 11.6 Å².